The summed E-state index contributed by atoms with van der Waals surface area (Å²) in [5.41, 5.74) is 7.15. The molecule has 0 saturated carbocycles. The van der Waals surface area contributed by atoms with E-state index in [1.807, 2.05) is 31.2 Å². The third kappa shape index (κ3) is 4.04. The van der Waals surface area contributed by atoms with Crippen LogP contribution in [0, 0.1) is 12.8 Å². The number of likely N-dealkylation sites (tertiary alicyclic amines) is 1. The Labute approximate surface area is 125 Å². The molecule has 0 bridgehead atoms. The topological polar surface area (TPSA) is 75.4 Å². The maximum atomic E-state index is 12.5. The van der Waals surface area contributed by atoms with E-state index < -0.39 is 0 Å². The van der Waals surface area contributed by atoms with Gasteiger partial charge in [0.1, 0.15) is 0 Å². The van der Waals surface area contributed by atoms with Gasteiger partial charge in [-0.25, -0.2) is 0 Å². The van der Waals surface area contributed by atoms with Gasteiger partial charge in [-0.3, -0.25) is 9.59 Å². The highest BCUT2D eigenvalue weighted by atomic mass is 16.2. The fraction of sp³-hybridized carbons (Fsp3) is 0.500. The van der Waals surface area contributed by atoms with Crippen LogP contribution in [-0.2, 0) is 4.79 Å². The molecule has 2 rings (SSSR count). The number of nitrogens with two attached hydrogens (primary N) is 1. The van der Waals surface area contributed by atoms with Crippen LogP contribution in [0.2, 0.25) is 0 Å². The Morgan fingerprint density at radius 1 is 1.43 bits per heavy atom. The Morgan fingerprint density at radius 3 is 2.95 bits per heavy atom. The zero-order valence-corrected chi connectivity index (χ0v) is 12.5. The van der Waals surface area contributed by atoms with E-state index in [9.17, 15) is 9.59 Å². The number of hydrogen-bond donors (Lipinski definition) is 2. The minimum absolute atomic E-state index is 0.00203. The predicted octanol–water partition coefficient (Wildman–Crippen LogP) is 0.922. The van der Waals surface area contributed by atoms with Crippen LogP contribution in [0.3, 0.4) is 0 Å². The summed E-state index contributed by atoms with van der Waals surface area (Å²) in [5, 5.41) is 2.81. The van der Waals surface area contributed by atoms with Gasteiger partial charge >= 0.3 is 0 Å². The highest BCUT2D eigenvalue weighted by molar-refractivity contribution is 5.94. The molecule has 21 heavy (non-hydrogen) atoms. The Kier molecular flexibility index (Phi) is 5.33. The van der Waals surface area contributed by atoms with Gasteiger partial charge in [0.2, 0.25) is 5.91 Å². The van der Waals surface area contributed by atoms with Crippen LogP contribution < -0.4 is 11.1 Å². The van der Waals surface area contributed by atoms with E-state index in [2.05, 4.69) is 5.32 Å². The molecule has 0 aromatic heterocycles. The summed E-state index contributed by atoms with van der Waals surface area (Å²) in [5.74, 6) is -0.115. The zero-order valence-electron chi connectivity index (χ0n) is 12.5. The number of carbonyl (C=O) groups is 2. The number of amides is 2. The highest BCUT2D eigenvalue weighted by Crippen LogP contribution is 2.19. The van der Waals surface area contributed by atoms with Crippen LogP contribution >= 0.6 is 0 Å². The Bertz CT molecular complexity index is 516. The molecule has 3 N–H and O–H groups in total. The molecule has 5 heteroatoms. The minimum Gasteiger partial charge on any atom is -0.355 e. The van der Waals surface area contributed by atoms with E-state index in [1.165, 1.54) is 0 Å². The quantitative estimate of drug-likeness (QED) is 0.865. The summed E-state index contributed by atoms with van der Waals surface area (Å²) in [6, 6.07) is 7.57. The number of benzene rings is 1. The van der Waals surface area contributed by atoms with Crippen molar-refractivity contribution in [2.75, 3.05) is 26.2 Å². The van der Waals surface area contributed by atoms with Crippen LogP contribution in [-0.4, -0.2) is 42.9 Å². The Morgan fingerprint density at radius 2 is 2.24 bits per heavy atom. The SMILES string of the molecule is Cc1cccc(C(=O)N2CCCC(C(=O)NCCN)C2)c1. The average Bonchev–Trinajstić information content (AvgIpc) is 2.52. The third-order valence-electron chi connectivity index (χ3n) is 3.79. The van der Waals surface area contributed by atoms with Crippen molar-refractivity contribution in [2.45, 2.75) is 19.8 Å². The first kappa shape index (κ1) is 15.5. The van der Waals surface area contributed by atoms with Gasteiger partial charge in [-0.05, 0) is 31.9 Å². The largest absolute Gasteiger partial charge is 0.355 e. The van der Waals surface area contributed by atoms with E-state index in [0.29, 0.717) is 31.7 Å². The summed E-state index contributed by atoms with van der Waals surface area (Å²) in [4.78, 5) is 26.3. The third-order valence-corrected chi connectivity index (χ3v) is 3.79. The first-order chi connectivity index (χ1) is 10.1. The monoisotopic (exact) mass is 289 g/mol. The number of rotatable bonds is 4. The van der Waals surface area contributed by atoms with Gasteiger partial charge in [-0.1, -0.05) is 17.7 Å². The molecule has 1 fully saturated rings. The molecule has 2 amide bonds. The van der Waals surface area contributed by atoms with Crippen molar-refractivity contribution in [1.29, 1.82) is 0 Å². The van der Waals surface area contributed by atoms with Crippen LogP contribution in [0.1, 0.15) is 28.8 Å². The van der Waals surface area contributed by atoms with E-state index in [-0.39, 0.29) is 17.7 Å². The predicted molar refractivity (Wildman–Crippen MR) is 81.9 cm³/mol. The lowest BCUT2D eigenvalue weighted by Gasteiger charge is -2.32. The maximum Gasteiger partial charge on any atom is 0.253 e. The van der Waals surface area contributed by atoms with Crippen molar-refractivity contribution < 1.29 is 9.59 Å². The second-order valence-electron chi connectivity index (χ2n) is 5.54. The first-order valence-corrected chi connectivity index (χ1v) is 7.45. The molecule has 1 aliphatic rings. The van der Waals surface area contributed by atoms with Gasteiger partial charge in [-0.2, -0.15) is 0 Å². The van der Waals surface area contributed by atoms with Crippen LogP contribution in [0.25, 0.3) is 0 Å². The number of nitrogens with zero attached hydrogens (tertiary/aromatic N) is 1. The van der Waals surface area contributed by atoms with E-state index >= 15 is 0 Å². The first-order valence-electron chi connectivity index (χ1n) is 7.45. The van der Waals surface area contributed by atoms with Gasteiger partial charge in [0.15, 0.2) is 0 Å². The second kappa shape index (κ2) is 7.22. The van der Waals surface area contributed by atoms with Gasteiger partial charge in [0.05, 0.1) is 5.92 Å². The minimum atomic E-state index is -0.126. The maximum absolute atomic E-state index is 12.5. The molecule has 1 saturated heterocycles. The molecule has 1 heterocycles. The molecule has 0 radical (unpaired) electrons. The number of nitrogens with one attached hydrogen (secondary N) is 1. The van der Waals surface area contributed by atoms with Crippen LogP contribution in [0.5, 0.6) is 0 Å². The molecular formula is C16H23N3O2. The van der Waals surface area contributed by atoms with Crippen molar-refractivity contribution in [3.05, 3.63) is 35.4 Å². The van der Waals surface area contributed by atoms with Crippen molar-refractivity contribution in [3.8, 4) is 0 Å². The number of piperidine rings is 1. The number of hydrogen-bond acceptors (Lipinski definition) is 3. The molecule has 0 spiro atoms. The van der Waals surface area contributed by atoms with Crippen LogP contribution in [0.15, 0.2) is 24.3 Å². The average molecular weight is 289 g/mol. The lowest BCUT2D eigenvalue weighted by Crippen LogP contribution is -2.46. The molecule has 1 unspecified atom stereocenters. The molecule has 0 aliphatic carbocycles. The molecule has 1 atom stereocenters. The molecular weight excluding hydrogens is 266 g/mol. The summed E-state index contributed by atoms with van der Waals surface area (Å²) in [6.45, 7) is 4.10. The van der Waals surface area contributed by atoms with Crippen LogP contribution in [0.4, 0.5) is 0 Å². The number of aryl methyl sites for hydroxylation is 1. The summed E-state index contributed by atoms with van der Waals surface area (Å²) < 4.78 is 0. The summed E-state index contributed by atoms with van der Waals surface area (Å²) >= 11 is 0. The van der Waals surface area contributed by atoms with Gasteiger partial charge in [0, 0.05) is 31.7 Å². The lowest BCUT2D eigenvalue weighted by molar-refractivity contribution is -0.126. The van der Waals surface area contributed by atoms with Crippen molar-refractivity contribution in [2.24, 2.45) is 11.7 Å². The van der Waals surface area contributed by atoms with E-state index in [4.69, 9.17) is 5.73 Å². The van der Waals surface area contributed by atoms with E-state index in [0.717, 1.165) is 18.4 Å². The molecule has 1 aliphatic heterocycles. The standard InChI is InChI=1S/C16H23N3O2/c1-12-4-2-5-13(10-12)16(21)19-9-3-6-14(11-19)15(20)18-8-7-17/h2,4-5,10,14H,3,6-9,11,17H2,1H3,(H,18,20). The Balaban J connectivity index is 2.00. The van der Waals surface area contributed by atoms with Gasteiger partial charge in [-0.15, -0.1) is 0 Å². The summed E-state index contributed by atoms with van der Waals surface area (Å²) in [7, 11) is 0. The van der Waals surface area contributed by atoms with Crippen molar-refractivity contribution in [1.82, 2.24) is 10.2 Å². The Hall–Kier alpha value is -1.88. The molecule has 114 valence electrons. The fourth-order valence-electron chi connectivity index (χ4n) is 2.68. The second-order valence-corrected chi connectivity index (χ2v) is 5.54. The molecule has 1 aromatic carbocycles. The van der Waals surface area contributed by atoms with Crippen molar-refractivity contribution in [3.63, 3.8) is 0 Å². The molecule has 1 aromatic rings. The van der Waals surface area contributed by atoms with E-state index in [1.54, 1.807) is 4.90 Å². The smallest absolute Gasteiger partial charge is 0.253 e. The normalized spacial score (nSPS) is 18.4. The van der Waals surface area contributed by atoms with Gasteiger partial charge in [0.25, 0.3) is 5.91 Å². The lowest BCUT2D eigenvalue weighted by atomic mass is 9.96. The summed E-state index contributed by atoms with van der Waals surface area (Å²) in [6.07, 6.45) is 1.69. The molecule has 5 nitrogen and oxygen atoms in total. The fourth-order valence-corrected chi connectivity index (χ4v) is 2.68. The van der Waals surface area contributed by atoms with Crippen molar-refractivity contribution >= 4 is 11.8 Å². The highest BCUT2D eigenvalue weighted by Gasteiger charge is 2.28. The number of carbonyl (C=O) groups excluding carboxylic acids is 2. The zero-order chi connectivity index (χ0) is 15.2. The van der Waals surface area contributed by atoms with Gasteiger partial charge < -0.3 is 16.0 Å².